The molecule has 3 heterocycles. The molecule has 2 aliphatic rings. The molecule has 2 fully saturated rings. The molecule has 8 heteroatoms. The molecule has 1 aliphatic heterocycles. The predicted octanol–water partition coefficient (Wildman–Crippen LogP) is 3.77. The molecule has 138 valence electrons. The number of nitrogens with zero attached hydrogens (tertiary/aromatic N) is 5. The van der Waals surface area contributed by atoms with Crippen molar-refractivity contribution in [1.82, 2.24) is 19.7 Å². The highest BCUT2D eigenvalue weighted by molar-refractivity contribution is 7.73. The first kappa shape index (κ1) is 17.8. The van der Waals surface area contributed by atoms with Gasteiger partial charge >= 0.3 is 0 Å². The zero-order valence-electron chi connectivity index (χ0n) is 14.9. The SMILES string of the molecule is CCC(=O)N(c1nn(CN2CCCC2c2cccnc2)c(=S)s1)C1CC1. The second kappa shape index (κ2) is 7.54. The van der Waals surface area contributed by atoms with Gasteiger partial charge in [-0.05, 0) is 49.5 Å². The Morgan fingerprint density at radius 1 is 1.42 bits per heavy atom. The number of aromatic nitrogens is 3. The number of anilines is 1. The first-order chi connectivity index (χ1) is 12.7. The van der Waals surface area contributed by atoms with Gasteiger partial charge in [0.1, 0.15) is 0 Å². The van der Waals surface area contributed by atoms with E-state index < -0.39 is 0 Å². The number of pyridine rings is 1. The van der Waals surface area contributed by atoms with Crippen molar-refractivity contribution in [3.63, 3.8) is 0 Å². The zero-order valence-corrected chi connectivity index (χ0v) is 16.5. The highest BCUT2D eigenvalue weighted by Gasteiger charge is 2.35. The van der Waals surface area contributed by atoms with Crippen molar-refractivity contribution in [2.75, 3.05) is 11.4 Å². The fourth-order valence-electron chi connectivity index (χ4n) is 3.57. The predicted molar refractivity (Wildman–Crippen MR) is 105 cm³/mol. The summed E-state index contributed by atoms with van der Waals surface area (Å²) < 4.78 is 2.61. The van der Waals surface area contributed by atoms with Crippen LogP contribution in [-0.4, -0.2) is 38.2 Å². The molecule has 2 aromatic rings. The average Bonchev–Trinajstić information content (AvgIpc) is 3.27. The van der Waals surface area contributed by atoms with Gasteiger partial charge in [0.2, 0.25) is 11.0 Å². The average molecular weight is 390 g/mol. The first-order valence-electron chi connectivity index (χ1n) is 9.21. The van der Waals surface area contributed by atoms with E-state index in [1.165, 1.54) is 16.9 Å². The first-order valence-corrected chi connectivity index (χ1v) is 10.4. The van der Waals surface area contributed by atoms with Crippen LogP contribution in [0.2, 0.25) is 0 Å². The van der Waals surface area contributed by atoms with Crippen molar-refractivity contribution in [1.29, 1.82) is 0 Å². The normalized spacial score (nSPS) is 20.4. The zero-order chi connectivity index (χ0) is 18.1. The van der Waals surface area contributed by atoms with Crippen LogP contribution in [0, 0.1) is 3.95 Å². The van der Waals surface area contributed by atoms with Crippen LogP contribution in [0.25, 0.3) is 0 Å². The lowest BCUT2D eigenvalue weighted by Gasteiger charge is -2.24. The number of carbonyl (C=O) groups is 1. The van der Waals surface area contributed by atoms with Gasteiger partial charge in [-0.3, -0.25) is 19.6 Å². The number of carbonyl (C=O) groups excluding carboxylic acids is 1. The van der Waals surface area contributed by atoms with E-state index in [4.69, 9.17) is 17.3 Å². The maximum atomic E-state index is 12.3. The lowest BCUT2D eigenvalue weighted by molar-refractivity contribution is -0.118. The number of amides is 1. The van der Waals surface area contributed by atoms with E-state index in [1.54, 1.807) is 0 Å². The molecule has 6 nitrogen and oxygen atoms in total. The number of hydrogen-bond acceptors (Lipinski definition) is 6. The van der Waals surface area contributed by atoms with Crippen molar-refractivity contribution in [3.8, 4) is 0 Å². The Morgan fingerprint density at radius 2 is 2.27 bits per heavy atom. The molecule has 0 bridgehead atoms. The van der Waals surface area contributed by atoms with Crippen LogP contribution < -0.4 is 4.90 Å². The fraction of sp³-hybridized carbons (Fsp3) is 0.556. The Bertz CT molecular complexity index is 830. The van der Waals surface area contributed by atoms with Crippen LogP contribution in [-0.2, 0) is 11.5 Å². The van der Waals surface area contributed by atoms with Crippen LogP contribution in [0.5, 0.6) is 0 Å². The van der Waals surface area contributed by atoms with Gasteiger partial charge < -0.3 is 0 Å². The third-order valence-electron chi connectivity index (χ3n) is 5.03. The Balaban J connectivity index is 1.54. The maximum absolute atomic E-state index is 12.3. The van der Waals surface area contributed by atoms with Gasteiger partial charge in [0.05, 0.1) is 6.67 Å². The molecule has 26 heavy (non-hydrogen) atoms. The summed E-state index contributed by atoms with van der Waals surface area (Å²) in [5.41, 5.74) is 1.24. The van der Waals surface area contributed by atoms with Crippen LogP contribution in [0.1, 0.15) is 50.6 Å². The molecule has 1 atom stereocenters. The van der Waals surface area contributed by atoms with Crippen LogP contribution in [0.4, 0.5) is 5.13 Å². The van der Waals surface area contributed by atoms with Crippen molar-refractivity contribution < 1.29 is 4.79 Å². The van der Waals surface area contributed by atoms with Gasteiger partial charge in [-0.15, -0.1) is 5.10 Å². The van der Waals surface area contributed by atoms with E-state index >= 15 is 0 Å². The molecule has 4 rings (SSSR count). The van der Waals surface area contributed by atoms with Gasteiger partial charge in [0, 0.05) is 37.4 Å². The van der Waals surface area contributed by atoms with Crippen molar-refractivity contribution >= 4 is 34.6 Å². The third-order valence-corrected chi connectivity index (χ3v) is 6.34. The van der Waals surface area contributed by atoms with Crippen LogP contribution in [0.3, 0.4) is 0 Å². The van der Waals surface area contributed by atoms with E-state index in [-0.39, 0.29) is 5.91 Å². The molecule has 1 aliphatic carbocycles. The Morgan fingerprint density at radius 3 is 2.96 bits per heavy atom. The summed E-state index contributed by atoms with van der Waals surface area (Å²) in [4.78, 5) is 20.8. The summed E-state index contributed by atoms with van der Waals surface area (Å²) in [5.74, 6) is 0.137. The molecular formula is C18H23N5OS2. The van der Waals surface area contributed by atoms with Crippen molar-refractivity contribution in [2.24, 2.45) is 0 Å². The molecule has 2 aromatic heterocycles. The maximum Gasteiger partial charge on any atom is 0.228 e. The molecule has 0 N–H and O–H groups in total. The molecule has 1 saturated heterocycles. The molecule has 0 spiro atoms. The van der Waals surface area contributed by atoms with E-state index in [2.05, 4.69) is 16.0 Å². The number of rotatable bonds is 6. The fourth-order valence-corrected chi connectivity index (χ4v) is 4.74. The topological polar surface area (TPSA) is 54.3 Å². The van der Waals surface area contributed by atoms with Crippen molar-refractivity contribution in [3.05, 3.63) is 34.0 Å². The summed E-state index contributed by atoms with van der Waals surface area (Å²) in [6.45, 7) is 3.58. The lowest BCUT2D eigenvalue weighted by atomic mass is 10.1. The molecule has 1 amide bonds. The van der Waals surface area contributed by atoms with Crippen LogP contribution in [0.15, 0.2) is 24.5 Å². The van der Waals surface area contributed by atoms with E-state index in [0.29, 0.717) is 25.2 Å². The standard InChI is InChI=1S/C18H23N5OS2/c1-2-16(24)23(14-7-8-14)17-20-22(18(25)26-17)12-21-10-4-6-15(21)13-5-3-9-19-11-13/h3,5,9,11,14-15H,2,4,6-8,10,12H2,1H3. The molecule has 1 unspecified atom stereocenters. The second-order valence-electron chi connectivity index (χ2n) is 6.90. The monoisotopic (exact) mass is 389 g/mol. The molecule has 0 aromatic carbocycles. The molecular weight excluding hydrogens is 366 g/mol. The van der Waals surface area contributed by atoms with Gasteiger partial charge in [0.25, 0.3) is 0 Å². The highest BCUT2D eigenvalue weighted by atomic mass is 32.1. The Hall–Kier alpha value is -1.64. The van der Waals surface area contributed by atoms with Crippen LogP contribution >= 0.6 is 23.6 Å². The number of hydrogen-bond donors (Lipinski definition) is 0. The minimum Gasteiger partial charge on any atom is -0.284 e. The third kappa shape index (κ3) is 3.58. The minimum atomic E-state index is 0.137. The minimum absolute atomic E-state index is 0.137. The largest absolute Gasteiger partial charge is 0.284 e. The van der Waals surface area contributed by atoms with E-state index in [1.807, 2.05) is 35.0 Å². The van der Waals surface area contributed by atoms with Gasteiger partial charge in [-0.1, -0.05) is 24.3 Å². The van der Waals surface area contributed by atoms with Gasteiger partial charge in [0.15, 0.2) is 3.95 Å². The van der Waals surface area contributed by atoms with Gasteiger partial charge in [-0.25, -0.2) is 4.68 Å². The number of likely N-dealkylation sites (tertiary alicyclic amines) is 1. The lowest BCUT2D eigenvalue weighted by Crippen LogP contribution is -2.33. The smallest absolute Gasteiger partial charge is 0.228 e. The summed E-state index contributed by atoms with van der Waals surface area (Å²) in [7, 11) is 0. The molecule has 0 radical (unpaired) electrons. The summed E-state index contributed by atoms with van der Waals surface area (Å²) >= 11 is 7.00. The van der Waals surface area contributed by atoms with E-state index in [9.17, 15) is 4.79 Å². The quantitative estimate of drug-likeness (QED) is 0.704. The summed E-state index contributed by atoms with van der Waals surface area (Å²) in [5, 5.41) is 5.46. The molecule has 1 saturated carbocycles. The second-order valence-corrected chi connectivity index (χ2v) is 8.50. The van der Waals surface area contributed by atoms with Gasteiger partial charge in [-0.2, -0.15) is 0 Å². The van der Waals surface area contributed by atoms with Crippen molar-refractivity contribution in [2.45, 2.75) is 57.8 Å². The summed E-state index contributed by atoms with van der Waals surface area (Å²) in [6, 6.07) is 4.79. The Labute approximate surface area is 162 Å². The highest BCUT2D eigenvalue weighted by Crippen LogP contribution is 2.35. The van der Waals surface area contributed by atoms with E-state index in [0.717, 1.165) is 41.3 Å². The Kier molecular flexibility index (Phi) is 5.15. The summed E-state index contributed by atoms with van der Waals surface area (Å²) in [6.07, 6.45) is 8.66.